The number of nitrogens with zero attached hydrogens (tertiary/aromatic N) is 1. The highest BCUT2D eigenvalue weighted by molar-refractivity contribution is 14.0. The van der Waals surface area contributed by atoms with E-state index in [1.54, 1.807) is 7.11 Å². The van der Waals surface area contributed by atoms with E-state index in [4.69, 9.17) is 15.2 Å². The molecule has 1 rings (SSSR count). The van der Waals surface area contributed by atoms with Crippen LogP contribution in [0.4, 0.5) is 5.69 Å². The van der Waals surface area contributed by atoms with Gasteiger partial charge in [0.05, 0.1) is 26.4 Å². The molecular formula is C14H24IN3O2. The van der Waals surface area contributed by atoms with Crippen LogP contribution in [-0.4, -0.2) is 39.4 Å². The third kappa shape index (κ3) is 7.66. The summed E-state index contributed by atoms with van der Waals surface area (Å²) >= 11 is 0. The van der Waals surface area contributed by atoms with Gasteiger partial charge >= 0.3 is 0 Å². The topological polar surface area (TPSA) is 68.9 Å². The lowest BCUT2D eigenvalue weighted by molar-refractivity contribution is 0.0748. The largest absolute Gasteiger partial charge is 0.382 e. The molecule has 0 amide bonds. The molecule has 5 nitrogen and oxygen atoms in total. The fourth-order valence-electron chi connectivity index (χ4n) is 1.48. The number of hydrogen-bond acceptors (Lipinski definition) is 3. The molecule has 3 N–H and O–H groups in total. The van der Waals surface area contributed by atoms with Crippen LogP contribution in [0.3, 0.4) is 0 Å². The predicted molar refractivity (Wildman–Crippen MR) is 94.1 cm³/mol. The third-order valence-corrected chi connectivity index (χ3v) is 2.73. The average molecular weight is 393 g/mol. The number of nitrogens with one attached hydrogen (secondary N) is 1. The fourth-order valence-corrected chi connectivity index (χ4v) is 1.48. The SMILES string of the molecule is COCCOCCN=C(N)Nc1ccc(C)c(C)c1.I. The Labute approximate surface area is 138 Å². The van der Waals surface area contributed by atoms with Crippen LogP contribution < -0.4 is 11.1 Å². The molecule has 0 saturated heterocycles. The number of rotatable bonds is 7. The first-order valence-electron chi connectivity index (χ1n) is 6.34. The smallest absolute Gasteiger partial charge is 0.193 e. The van der Waals surface area contributed by atoms with Gasteiger partial charge in [0.25, 0.3) is 0 Å². The summed E-state index contributed by atoms with van der Waals surface area (Å²) in [5.74, 6) is 0.401. The molecule has 0 aliphatic heterocycles. The van der Waals surface area contributed by atoms with Crippen molar-refractivity contribution in [3.8, 4) is 0 Å². The van der Waals surface area contributed by atoms with Crippen LogP contribution in [0.15, 0.2) is 23.2 Å². The van der Waals surface area contributed by atoms with E-state index in [2.05, 4.69) is 30.2 Å². The van der Waals surface area contributed by atoms with Gasteiger partial charge in [0.1, 0.15) is 0 Å². The maximum Gasteiger partial charge on any atom is 0.193 e. The molecule has 0 heterocycles. The number of halogens is 1. The van der Waals surface area contributed by atoms with E-state index in [0.29, 0.717) is 32.3 Å². The van der Waals surface area contributed by atoms with Crippen LogP contribution in [0.5, 0.6) is 0 Å². The molecule has 114 valence electrons. The van der Waals surface area contributed by atoms with Crippen molar-refractivity contribution in [2.45, 2.75) is 13.8 Å². The summed E-state index contributed by atoms with van der Waals surface area (Å²) in [6.45, 7) is 6.40. The van der Waals surface area contributed by atoms with E-state index in [9.17, 15) is 0 Å². The summed E-state index contributed by atoms with van der Waals surface area (Å²) in [7, 11) is 1.65. The maximum atomic E-state index is 5.79. The number of ether oxygens (including phenoxy) is 2. The van der Waals surface area contributed by atoms with Gasteiger partial charge in [0.15, 0.2) is 5.96 Å². The van der Waals surface area contributed by atoms with E-state index in [-0.39, 0.29) is 24.0 Å². The highest BCUT2D eigenvalue weighted by atomic mass is 127. The van der Waals surface area contributed by atoms with Gasteiger partial charge in [-0.3, -0.25) is 4.99 Å². The molecule has 0 radical (unpaired) electrons. The van der Waals surface area contributed by atoms with Crippen molar-refractivity contribution < 1.29 is 9.47 Å². The highest BCUT2D eigenvalue weighted by Crippen LogP contribution is 2.13. The number of nitrogens with two attached hydrogens (primary N) is 1. The molecule has 0 fully saturated rings. The van der Waals surface area contributed by atoms with Crippen LogP contribution in [-0.2, 0) is 9.47 Å². The van der Waals surface area contributed by atoms with Crippen LogP contribution in [0.1, 0.15) is 11.1 Å². The summed E-state index contributed by atoms with van der Waals surface area (Å²) in [4.78, 5) is 4.19. The van der Waals surface area contributed by atoms with Crippen molar-refractivity contribution in [2.75, 3.05) is 38.8 Å². The van der Waals surface area contributed by atoms with Crippen LogP contribution in [0, 0.1) is 13.8 Å². The summed E-state index contributed by atoms with van der Waals surface area (Å²) < 4.78 is 10.2. The zero-order valence-electron chi connectivity index (χ0n) is 12.3. The number of anilines is 1. The molecule has 0 saturated carbocycles. The van der Waals surface area contributed by atoms with Crippen LogP contribution >= 0.6 is 24.0 Å². The van der Waals surface area contributed by atoms with Gasteiger partial charge in [-0.1, -0.05) is 6.07 Å². The number of hydrogen-bond donors (Lipinski definition) is 2. The standard InChI is InChI=1S/C14H23N3O2.HI/c1-11-4-5-13(10-12(11)2)17-14(15)16-6-7-19-9-8-18-3;/h4-5,10H,6-9H2,1-3H3,(H3,15,16,17);1H. The first-order chi connectivity index (χ1) is 9.13. The Balaban J connectivity index is 0.00000361. The molecular weight excluding hydrogens is 369 g/mol. The lowest BCUT2D eigenvalue weighted by Crippen LogP contribution is -2.23. The summed E-state index contributed by atoms with van der Waals surface area (Å²) in [5, 5.41) is 3.06. The fraction of sp³-hybridized carbons (Fsp3) is 0.500. The van der Waals surface area contributed by atoms with Crippen molar-refractivity contribution in [2.24, 2.45) is 10.7 Å². The lowest BCUT2D eigenvalue weighted by Gasteiger charge is -2.08. The Kier molecular flexibility index (Phi) is 10.4. The molecule has 0 bridgehead atoms. The third-order valence-electron chi connectivity index (χ3n) is 2.73. The minimum Gasteiger partial charge on any atom is -0.382 e. The van der Waals surface area contributed by atoms with Gasteiger partial charge in [-0.05, 0) is 37.1 Å². The van der Waals surface area contributed by atoms with Crippen molar-refractivity contribution in [1.29, 1.82) is 0 Å². The molecule has 20 heavy (non-hydrogen) atoms. The van der Waals surface area contributed by atoms with Gasteiger partial charge < -0.3 is 20.5 Å². The normalized spacial score (nSPS) is 11.1. The molecule has 0 aliphatic carbocycles. The average Bonchev–Trinajstić information content (AvgIpc) is 2.38. The number of aliphatic imine (C=N–C) groups is 1. The van der Waals surface area contributed by atoms with E-state index in [1.165, 1.54) is 11.1 Å². The molecule has 0 spiro atoms. The first-order valence-corrected chi connectivity index (χ1v) is 6.34. The predicted octanol–water partition coefficient (Wildman–Crippen LogP) is 2.31. The van der Waals surface area contributed by atoms with Gasteiger partial charge in [-0.25, -0.2) is 0 Å². The Bertz CT molecular complexity index is 425. The molecule has 1 aromatic carbocycles. The number of methoxy groups -OCH3 is 1. The Morgan fingerprint density at radius 1 is 1.20 bits per heavy atom. The second-order valence-electron chi connectivity index (χ2n) is 4.30. The monoisotopic (exact) mass is 393 g/mol. The van der Waals surface area contributed by atoms with Gasteiger partial charge in [0, 0.05) is 12.8 Å². The first kappa shape index (κ1) is 19.1. The molecule has 6 heteroatoms. The van der Waals surface area contributed by atoms with Crippen molar-refractivity contribution in [1.82, 2.24) is 0 Å². The summed E-state index contributed by atoms with van der Waals surface area (Å²) in [6.07, 6.45) is 0. The van der Waals surface area contributed by atoms with Crippen molar-refractivity contribution >= 4 is 35.6 Å². The number of aryl methyl sites for hydroxylation is 2. The Morgan fingerprint density at radius 3 is 2.60 bits per heavy atom. The second kappa shape index (κ2) is 10.9. The van der Waals surface area contributed by atoms with E-state index in [1.807, 2.05) is 12.1 Å². The second-order valence-corrected chi connectivity index (χ2v) is 4.30. The number of guanidine groups is 1. The minimum atomic E-state index is 0. The van der Waals surface area contributed by atoms with Crippen LogP contribution in [0.25, 0.3) is 0 Å². The summed E-state index contributed by atoms with van der Waals surface area (Å²) in [5.41, 5.74) is 9.22. The Hall–Kier alpha value is -0.860. The maximum absolute atomic E-state index is 5.79. The summed E-state index contributed by atoms with van der Waals surface area (Å²) in [6, 6.07) is 6.09. The highest BCUT2D eigenvalue weighted by Gasteiger charge is 1.97. The number of benzene rings is 1. The quantitative estimate of drug-likeness (QED) is 0.323. The van der Waals surface area contributed by atoms with E-state index in [0.717, 1.165) is 5.69 Å². The van der Waals surface area contributed by atoms with Gasteiger partial charge in [-0.15, -0.1) is 24.0 Å². The van der Waals surface area contributed by atoms with E-state index < -0.39 is 0 Å². The van der Waals surface area contributed by atoms with Crippen LogP contribution in [0.2, 0.25) is 0 Å². The lowest BCUT2D eigenvalue weighted by atomic mass is 10.1. The van der Waals surface area contributed by atoms with Crippen molar-refractivity contribution in [3.63, 3.8) is 0 Å². The molecule has 0 aliphatic rings. The zero-order valence-corrected chi connectivity index (χ0v) is 14.6. The molecule has 0 unspecified atom stereocenters. The Morgan fingerprint density at radius 2 is 1.95 bits per heavy atom. The minimum absolute atomic E-state index is 0. The van der Waals surface area contributed by atoms with E-state index >= 15 is 0 Å². The molecule has 1 aromatic rings. The van der Waals surface area contributed by atoms with Gasteiger partial charge in [0.2, 0.25) is 0 Å². The van der Waals surface area contributed by atoms with Gasteiger partial charge in [-0.2, -0.15) is 0 Å². The molecule has 0 aromatic heterocycles. The zero-order chi connectivity index (χ0) is 14.1. The van der Waals surface area contributed by atoms with Crippen molar-refractivity contribution in [3.05, 3.63) is 29.3 Å². The molecule has 0 atom stereocenters.